The van der Waals surface area contributed by atoms with Crippen LogP contribution in [-0.2, 0) is 9.47 Å². The molecule has 3 nitrogen and oxygen atoms in total. The Morgan fingerprint density at radius 3 is 1.88 bits per heavy atom. The summed E-state index contributed by atoms with van der Waals surface area (Å²) in [6, 6.07) is 0. The summed E-state index contributed by atoms with van der Waals surface area (Å²) in [5.74, 6) is 1.71. The van der Waals surface area contributed by atoms with Crippen molar-refractivity contribution < 1.29 is 14.6 Å². The van der Waals surface area contributed by atoms with Crippen molar-refractivity contribution in [2.75, 3.05) is 13.2 Å². The molecular formula is C14H28O3. The Bertz CT molecular complexity index is 192. The minimum absolute atomic E-state index is 0.317. The van der Waals surface area contributed by atoms with Crippen LogP contribution in [0.1, 0.15) is 47.0 Å². The molecule has 0 heterocycles. The molecule has 3 atom stereocenters. The van der Waals surface area contributed by atoms with Crippen LogP contribution < -0.4 is 0 Å². The molecule has 1 aliphatic carbocycles. The van der Waals surface area contributed by atoms with Crippen molar-refractivity contribution in [3.63, 3.8) is 0 Å². The zero-order valence-corrected chi connectivity index (χ0v) is 11.7. The van der Waals surface area contributed by atoms with Gasteiger partial charge in [-0.25, -0.2) is 0 Å². The third-order valence-electron chi connectivity index (χ3n) is 3.64. The fourth-order valence-electron chi connectivity index (χ4n) is 3.08. The molecule has 102 valence electrons. The highest BCUT2D eigenvalue weighted by molar-refractivity contribution is 4.81. The molecule has 1 fully saturated rings. The van der Waals surface area contributed by atoms with Crippen LogP contribution in [0.25, 0.3) is 0 Å². The summed E-state index contributed by atoms with van der Waals surface area (Å²) >= 11 is 0. The second-order valence-electron chi connectivity index (χ2n) is 5.45. The van der Waals surface area contributed by atoms with Crippen molar-refractivity contribution >= 4 is 0 Å². The van der Waals surface area contributed by atoms with Gasteiger partial charge in [-0.05, 0) is 50.9 Å². The Labute approximate surface area is 105 Å². The molecule has 17 heavy (non-hydrogen) atoms. The SMILES string of the molecule is CCOC(OCC)C(O)C1CC(C)CC(C)C1. The maximum atomic E-state index is 10.4. The number of rotatable bonds is 6. The molecule has 1 rings (SSSR count). The van der Waals surface area contributed by atoms with E-state index in [1.807, 2.05) is 13.8 Å². The largest absolute Gasteiger partial charge is 0.388 e. The molecule has 0 aromatic heterocycles. The molecule has 1 aliphatic rings. The standard InChI is InChI=1S/C14H28O3/c1-5-16-14(17-6-2)13(15)12-8-10(3)7-11(4)9-12/h10-15H,5-9H2,1-4H3. The Morgan fingerprint density at radius 1 is 1.00 bits per heavy atom. The summed E-state index contributed by atoms with van der Waals surface area (Å²) in [6.07, 6.45) is 2.51. The highest BCUT2D eigenvalue weighted by Crippen LogP contribution is 2.35. The number of ether oxygens (including phenoxy) is 2. The van der Waals surface area contributed by atoms with Gasteiger partial charge in [-0.2, -0.15) is 0 Å². The zero-order chi connectivity index (χ0) is 12.8. The van der Waals surface area contributed by atoms with E-state index in [2.05, 4.69) is 13.8 Å². The highest BCUT2D eigenvalue weighted by Gasteiger charge is 2.34. The maximum Gasteiger partial charge on any atom is 0.183 e. The minimum atomic E-state index is -0.486. The summed E-state index contributed by atoms with van der Waals surface area (Å²) in [5, 5.41) is 10.4. The van der Waals surface area contributed by atoms with Gasteiger partial charge in [0, 0.05) is 13.2 Å². The fourth-order valence-corrected chi connectivity index (χ4v) is 3.08. The second-order valence-corrected chi connectivity index (χ2v) is 5.45. The van der Waals surface area contributed by atoms with Gasteiger partial charge in [-0.1, -0.05) is 13.8 Å². The summed E-state index contributed by atoms with van der Waals surface area (Å²) < 4.78 is 11.0. The lowest BCUT2D eigenvalue weighted by Crippen LogP contribution is -2.40. The molecule has 1 saturated carbocycles. The highest BCUT2D eigenvalue weighted by atomic mass is 16.7. The summed E-state index contributed by atoms with van der Waals surface area (Å²) in [5.41, 5.74) is 0. The lowest BCUT2D eigenvalue weighted by Gasteiger charge is -2.36. The van der Waals surface area contributed by atoms with Gasteiger partial charge in [0.1, 0.15) is 6.10 Å². The second kappa shape index (κ2) is 7.34. The van der Waals surface area contributed by atoms with Crippen LogP contribution >= 0.6 is 0 Å². The van der Waals surface area contributed by atoms with E-state index in [-0.39, 0.29) is 0 Å². The van der Waals surface area contributed by atoms with E-state index in [4.69, 9.17) is 9.47 Å². The minimum Gasteiger partial charge on any atom is -0.388 e. The smallest absolute Gasteiger partial charge is 0.183 e. The third kappa shape index (κ3) is 4.57. The summed E-state index contributed by atoms with van der Waals surface area (Å²) in [6.45, 7) is 9.58. The van der Waals surface area contributed by atoms with E-state index in [9.17, 15) is 5.11 Å². The van der Waals surface area contributed by atoms with Crippen LogP contribution in [0.4, 0.5) is 0 Å². The van der Waals surface area contributed by atoms with Crippen LogP contribution in [-0.4, -0.2) is 30.7 Å². The van der Waals surface area contributed by atoms with Crippen molar-refractivity contribution in [1.82, 2.24) is 0 Å². The molecule has 0 bridgehead atoms. The summed E-state index contributed by atoms with van der Waals surface area (Å²) in [7, 11) is 0. The van der Waals surface area contributed by atoms with E-state index in [1.165, 1.54) is 6.42 Å². The Kier molecular flexibility index (Phi) is 6.45. The molecule has 0 aromatic carbocycles. The molecule has 0 aliphatic heterocycles. The van der Waals surface area contributed by atoms with Crippen LogP contribution in [0.5, 0.6) is 0 Å². The topological polar surface area (TPSA) is 38.7 Å². The first-order valence-electron chi connectivity index (χ1n) is 6.99. The van der Waals surface area contributed by atoms with Crippen molar-refractivity contribution in [2.45, 2.75) is 59.4 Å². The van der Waals surface area contributed by atoms with Crippen LogP contribution in [0.3, 0.4) is 0 Å². The third-order valence-corrected chi connectivity index (χ3v) is 3.64. The molecule has 3 unspecified atom stereocenters. The molecule has 0 aromatic rings. The number of aliphatic hydroxyl groups is 1. The van der Waals surface area contributed by atoms with Crippen molar-refractivity contribution in [3.05, 3.63) is 0 Å². The molecule has 0 radical (unpaired) electrons. The number of hydrogen-bond acceptors (Lipinski definition) is 3. The predicted molar refractivity (Wildman–Crippen MR) is 68.7 cm³/mol. The van der Waals surface area contributed by atoms with E-state index < -0.39 is 12.4 Å². The zero-order valence-electron chi connectivity index (χ0n) is 11.7. The average Bonchev–Trinajstić information content (AvgIpc) is 2.26. The lowest BCUT2D eigenvalue weighted by molar-refractivity contribution is -0.206. The molecule has 0 saturated heterocycles. The van der Waals surface area contributed by atoms with E-state index in [0.29, 0.717) is 31.0 Å². The lowest BCUT2D eigenvalue weighted by atomic mass is 9.74. The average molecular weight is 244 g/mol. The van der Waals surface area contributed by atoms with Gasteiger partial charge in [-0.15, -0.1) is 0 Å². The first-order valence-corrected chi connectivity index (χ1v) is 6.99. The Morgan fingerprint density at radius 2 is 1.47 bits per heavy atom. The van der Waals surface area contributed by atoms with Gasteiger partial charge in [0.2, 0.25) is 0 Å². The number of aliphatic hydroxyl groups excluding tert-OH is 1. The van der Waals surface area contributed by atoms with E-state index in [1.54, 1.807) is 0 Å². The maximum absolute atomic E-state index is 10.4. The van der Waals surface area contributed by atoms with Gasteiger partial charge in [0.05, 0.1) is 0 Å². The van der Waals surface area contributed by atoms with Gasteiger partial charge >= 0.3 is 0 Å². The molecule has 1 N–H and O–H groups in total. The van der Waals surface area contributed by atoms with E-state index >= 15 is 0 Å². The van der Waals surface area contributed by atoms with Crippen molar-refractivity contribution in [3.8, 4) is 0 Å². The molecule has 0 amide bonds. The molecular weight excluding hydrogens is 216 g/mol. The Balaban J connectivity index is 2.55. The van der Waals surface area contributed by atoms with Crippen molar-refractivity contribution in [2.24, 2.45) is 17.8 Å². The van der Waals surface area contributed by atoms with Crippen LogP contribution in [0.15, 0.2) is 0 Å². The van der Waals surface area contributed by atoms with Gasteiger partial charge in [0.25, 0.3) is 0 Å². The number of hydrogen-bond donors (Lipinski definition) is 1. The van der Waals surface area contributed by atoms with Gasteiger partial charge < -0.3 is 14.6 Å². The predicted octanol–water partition coefficient (Wildman–Crippen LogP) is 2.82. The fraction of sp³-hybridized carbons (Fsp3) is 1.00. The van der Waals surface area contributed by atoms with Crippen molar-refractivity contribution in [1.29, 1.82) is 0 Å². The van der Waals surface area contributed by atoms with Crippen LogP contribution in [0.2, 0.25) is 0 Å². The van der Waals surface area contributed by atoms with Crippen LogP contribution in [0, 0.1) is 17.8 Å². The first-order chi connectivity index (χ1) is 8.08. The normalized spacial score (nSPS) is 31.8. The van der Waals surface area contributed by atoms with E-state index in [0.717, 1.165) is 12.8 Å². The van der Waals surface area contributed by atoms with Gasteiger partial charge in [-0.3, -0.25) is 0 Å². The monoisotopic (exact) mass is 244 g/mol. The first kappa shape index (κ1) is 14.9. The summed E-state index contributed by atoms with van der Waals surface area (Å²) in [4.78, 5) is 0. The molecule has 0 spiro atoms. The Hall–Kier alpha value is -0.120. The van der Waals surface area contributed by atoms with Gasteiger partial charge in [0.15, 0.2) is 6.29 Å². The molecule has 3 heteroatoms. The quantitative estimate of drug-likeness (QED) is 0.730.